The third kappa shape index (κ3) is 1.77. The van der Waals surface area contributed by atoms with Gasteiger partial charge in [-0.05, 0) is 31.4 Å². The summed E-state index contributed by atoms with van der Waals surface area (Å²) in [7, 11) is 0. The van der Waals surface area contributed by atoms with Crippen LogP contribution in [0.2, 0.25) is 0 Å². The van der Waals surface area contributed by atoms with E-state index >= 15 is 0 Å². The predicted molar refractivity (Wildman–Crippen MR) is 69.5 cm³/mol. The number of ketones is 1. The fraction of sp³-hybridized carbons (Fsp3) is 0.286. The van der Waals surface area contributed by atoms with E-state index in [4.69, 9.17) is 0 Å². The van der Waals surface area contributed by atoms with Crippen LogP contribution in [-0.2, 0) is 6.42 Å². The Balaban J connectivity index is 2.13. The van der Waals surface area contributed by atoms with Gasteiger partial charge in [0, 0.05) is 16.9 Å². The molecule has 18 heavy (non-hydrogen) atoms. The first-order valence-corrected chi connectivity index (χ1v) is 6.77. The van der Waals surface area contributed by atoms with Gasteiger partial charge in [-0.15, -0.1) is 11.3 Å². The molecule has 0 amide bonds. The Morgan fingerprint density at radius 1 is 1.33 bits per heavy atom. The Morgan fingerprint density at radius 3 is 2.94 bits per heavy atom. The van der Waals surface area contributed by atoms with Gasteiger partial charge >= 0.3 is 0 Å². The van der Waals surface area contributed by atoms with Crippen molar-refractivity contribution in [1.82, 2.24) is 4.98 Å². The topological polar surface area (TPSA) is 30.0 Å². The van der Waals surface area contributed by atoms with Gasteiger partial charge in [0.25, 0.3) is 0 Å². The zero-order chi connectivity index (χ0) is 12.7. The van der Waals surface area contributed by atoms with Crippen molar-refractivity contribution in [3.05, 3.63) is 40.2 Å². The van der Waals surface area contributed by atoms with Crippen LogP contribution in [0.5, 0.6) is 0 Å². The molecule has 0 aliphatic heterocycles. The minimum atomic E-state index is -0.240. The molecular formula is C14H12FNOS. The number of hydrogen-bond donors (Lipinski definition) is 0. The molecule has 0 spiro atoms. The lowest BCUT2D eigenvalue weighted by Crippen LogP contribution is -2.08. The van der Waals surface area contributed by atoms with Crippen LogP contribution in [0.4, 0.5) is 4.39 Å². The molecule has 0 saturated heterocycles. The number of carbonyl (C=O) groups is 1. The van der Waals surface area contributed by atoms with E-state index in [1.165, 1.54) is 11.3 Å². The summed E-state index contributed by atoms with van der Waals surface area (Å²) >= 11 is 1.44. The summed E-state index contributed by atoms with van der Waals surface area (Å²) in [5.74, 6) is -0.150. The van der Waals surface area contributed by atoms with Crippen molar-refractivity contribution in [2.75, 3.05) is 0 Å². The van der Waals surface area contributed by atoms with Gasteiger partial charge in [0.2, 0.25) is 0 Å². The van der Waals surface area contributed by atoms with E-state index in [0.29, 0.717) is 28.2 Å². The van der Waals surface area contributed by atoms with Crippen LogP contribution in [0.1, 0.15) is 33.8 Å². The van der Waals surface area contributed by atoms with Crippen molar-refractivity contribution < 1.29 is 9.18 Å². The standard InChI is InChI=1S/C14H12FNOS/c1-8-4-2-5-9(12(8)15)14-16-13-10(17)6-3-7-11(13)18-14/h2,4-5H,3,6-7H2,1H3. The van der Waals surface area contributed by atoms with Gasteiger partial charge in [-0.1, -0.05) is 12.1 Å². The van der Waals surface area contributed by atoms with Crippen LogP contribution < -0.4 is 0 Å². The van der Waals surface area contributed by atoms with E-state index in [1.54, 1.807) is 19.1 Å². The lowest BCUT2D eigenvalue weighted by molar-refractivity contribution is 0.0968. The number of aromatic nitrogens is 1. The summed E-state index contributed by atoms with van der Waals surface area (Å²) < 4.78 is 14.0. The van der Waals surface area contributed by atoms with E-state index < -0.39 is 0 Å². The maximum atomic E-state index is 14.0. The molecule has 92 valence electrons. The van der Waals surface area contributed by atoms with E-state index in [-0.39, 0.29) is 11.6 Å². The third-order valence-electron chi connectivity index (χ3n) is 3.19. The first-order valence-electron chi connectivity index (χ1n) is 5.95. The van der Waals surface area contributed by atoms with Gasteiger partial charge in [0.05, 0.1) is 0 Å². The molecule has 0 unspecified atom stereocenters. The number of benzene rings is 1. The lowest BCUT2D eigenvalue weighted by Gasteiger charge is -2.06. The molecule has 1 heterocycles. The molecule has 0 saturated carbocycles. The number of Topliss-reactive ketones (excluding diaryl/α,β-unsaturated/α-hetero) is 1. The molecule has 1 aromatic carbocycles. The number of aryl methyl sites for hydroxylation is 2. The maximum absolute atomic E-state index is 14.0. The van der Waals surface area contributed by atoms with Crippen molar-refractivity contribution in [3.8, 4) is 10.6 Å². The quantitative estimate of drug-likeness (QED) is 0.782. The highest BCUT2D eigenvalue weighted by Crippen LogP contribution is 2.34. The molecule has 0 radical (unpaired) electrons. The molecular weight excluding hydrogens is 249 g/mol. The first-order chi connectivity index (χ1) is 8.66. The van der Waals surface area contributed by atoms with E-state index in [9.17, 15) is 9.18 Å². The van der Waals surface area contributed by atoms with Crippen molar-refractivity contribution in [2.24, 2.45) is 0 Å². The second kappa shape index (κ2) is 4.28. The van der Waals surface area contributed by atoms with Crippen molar-refractivity contribution >= 4 is 17.1 Å². The summed E-state index contributed by atoms with van der Waals surface area (Å²) in [6.07, 6.45) is 2.32. The van der Waals surface area contributed by atoms with Crippen LogP contribution in [0, 0.1) is 12.7 Å². The highest BCUT2D eigenvalue weighted by Gasteiger charge is 2.23. The average molecular weight is 261 g/mol. The molecule has 0 bridgehead atoms. The van der Waals surface area contributed by atoms with Gasteiger partial charge in [0.15, 0.2) is 5.78 Å². The number of carbonyl (C=O) groups excluding carboxylic acids is 1. The average Bonchev–Trinajstić information content (AvgIpc) is 2.78. The molecule has 0 N–H and O–H groups in total. The normalized spacial score (nSPS) is 14.7. The lowest BCUT2D eigenvalue weighted by atomic mass is 10.0. The molecule has 1 aliphatic rings. The fourth-order valence-electron chi connectivity index (χ4n) is 2.19. The third-order valence-corrected chi connectivity index (χ3v) is 4.34. The van der Waals surface area contributed by atoms with Gasteiger partial charge < -0.3 is 0 Å². The fourth-order valence-corrected chi connectivity index (χ4v) is 3.34. The molecule has 3 rings (SSSR count). The predicted octanol–water partition coefficient (Wildman–Crippen LogP) is 3.78. The minimum Gasteiger partial charge on any atom is -0.292 e. The minimum absolute atomic E-state index is 0.0896. The molecule has 0 fully saturated rings. The van der Waals surface area contributed by atoms with Gasteiger partial charge in [-0.3, -0.25) is 4.79 Å². The van der Waals surface area contributed by atoms with Gasteiger partial charge in [0.1, 0.15) is 16.5 Å². The number of halogens is 1. The maximum Gasteiger partial charge on any atom is 0.182 e. The molecule has 1 aliphatic carbocycles. The smallest absolute Gasteiger partial charge is 0.182 e. The summed E-state index contributed by atoms with van der Waals surface area (Å²) in [6.45, 7) is 1.73. The largest absolute Gasteiger partial charge is 0.292 e. The molecule has 1 aromatic heterocycles. The van der Waals surface area contributed by atoms with E-state index in [1.807, 2.05) is 6.07 Å². The SMILES string of the molecule is Cc1cccc(-c2nc3c(s2)CCCC3=O)c1F. The van der Waals surface area contributed by atoms with Crippen LogP contribution in [0.3, 0.4) is 0 Å². The van der Waals surface area contributed by atoms with Crippen molar-refractivity contribution in [2.45, 2.75) is 26.2 Å². The van der Waals surface area contributed by atoms with Crippen LogP contribution in [-0.4, -0.2) is 10.8 Å². The number of thiazole rings is 1. The van der Waals surface area contributed by atoms with Gasteiger partial charge in [-0.2, -0.15) is 0 Å². The van der Waals surface area contributed by atoms with Gasteiger partial charge in [-0.25, -0.2) is 9.37 Å². The number of rotatable bonds is 1. The Hall–Kier alpha value is -1.55. The Labute approximate surface area is 108 Å². The highest BCUT2D eigenvalue weighted by atomic mass is 32.1. The number of hydrogen-bond acceptors (Lipinski definition) is 3. The molecule has 2 nitrogen and oxygen atoms in total. The monoisotopic (exact) mass is 261 g/mol. The Bertz CT molecular complexity index is 633. The summed E-state index contributed by atoms with van der Waals surface area (Å²) in [6, 6.07) is 5.27. The Kier molecular flexibility index (Phi) is 2.74. The Morgan fingerprint density at radius 2 is 2.17 bits per heavy atom. The van der Waals surface area contributed by atoms with Crippen molar-refractivity contribution in [1.29, 1.82) is 0 Å². The van der Waals surface area contributed by atoms with E-state index in [2.05, 4.69) is 4.98 Å². The summed E-state index contributed by atoms with van der Waals surface area (Å²) in [4.78, 5) is 17.1. The molecule has 4 heteroatoms. The zero-order valence-corrected chi connectivity index (χ0v) is 10.8. The van der Waals surface area contributed by atoms with E-state index in [0.717, 1.165) is 17.7 Å². The summed E-state index contributed by atoms with van der Waals surface area (Å²) in [5.41, 5.74) is 1.66. The summed E-state index contributed by atoms with van der Waals surface area (Å²) in [5, 5.41) is 0.622. The zero-order valence-electron chi connectivity index (χ0n) is 10.00. The number of fused-ring (bicyclic) bond motifs is 1. The second-order valence-electron chi connectivity index (χ2n) is 4.50. The molecule has 2 aromatic rings. The number of nitrogens with zero attached hydrogens (tertiary/aromatic N) is 1. The second-order valence-corrected chi connectivity index (χ2v) is 5.59. The van der Waals surface area contributed by atoms with Crippen molar-refractivity contribution in [3.63, 3.8) is 0 Å². The molecule has 0 atom stereocenters. The highest BCUT2D eigenvalue weighted by molar-refractivity contribution is 7.15. The van der Waals surface area contributed by atoms with Crippen LogP contribution >= 0.6 is 11.3 Å². The first kappa shape index (κ1) is 11.5. The van der Waals surface area contributed by atoms with Crippen LogP contribution in [0.15, 0.2) is 18.2 Å². The van der Waals surface area contributed by atoms with Crippen LogP contribution in [0.25, 0.3) is 10.6 Å².